The minimum atomic E-state index is -0.951. The van der Waals surface area contributed by atoms with Gasteiger partial charge in [0, 0.05) is 42.7 Å². The molecule has 42 heavy (non-hydrogen) atoms. The largest absolute Gasteiger partial charge is 0.493 e. The smallest absolute Gasteiger partial charge is 0.308 e. The van der Waals surface area contributed by atoms with Gasteiger partial charge in [0.05, 0.1) is 32.3 Å². The zero-order chi connectivity index (χ0) is 30.1. The topological polar surface area (TPSA) is 129 Å². The number of hydrogen-bond donors (Lipinski definition) is 3. The molecule has 1 fully saturated rings. The number of benzene rings is 2. The van der Waals surface area contributed by atoms with Crippen LogP contribution in [-0.2, 0) is 22.8 Å². The fraction of sp³-hybridized carbons (Fsp3) is 0.562. The average Bonchev–Trinajstić information content (AvgIpc) is 3.62. The Labute approximate surface area is 247 Å². The normalized spacial score (nSPS) is 19.7. The zero-order valence-corrected chi connectivity index (χ0v) is 24.7. The highest BCUT2D eigenvalue weighted by molar-refractivity contribution is 5.79. The Morgan fingerprint density at radius 2 is 1.74 bits per heavy atom. The third-order valence-corrected chi connectivity index (χ3v) is 8.27. The van der Waals surface area contributed by atoms with Crippen molar-refractivity contribution in [3.05, 3.63) is 53.1 Å². The molecule has 2 aromatic rings. The van der Waals surface area contributed by atoms with Crippen molar-refractivity contribution >= 4 is 11.9 Å². The standard InChI is InChI=1S/C32H44N2O8/c1-3-5-12-33(13-6-4-2)29(37)18-34-17-25(23-15-24(20-36)31-28(16-23)41-21-42-31)30(32(38)39)26(34)11-14-40-27-10-8-7-9-22(27)19-35/h7-10,15-16,25-26,30,35-36H,3-6,11-14,17-21H2,1-2H3,(H,38,39)/t25-,26+,30-/m1/s1. The van der Waals surface area contributed by atoms with Crippen LogP contribution < -0.4 is 14.2 Å². The molecule has 0 aromatic heterocycles. The first-order valence-corrected chi connectivity index (χ1v) is 15.0. The molecule has 2 aliphatic rings. The summed E-state index contributed by atoms with van der Waals surface area (Å²) in [4.78, 5) is 30.4. The second-order valence-corrected chi connectivity index (χ2v) is 11.0. The third-order valence-electron chi connectivity index (χ3n) is 8.27. The summed E-state index contributed by atoms with van der Waals surface area (Å²) in [5.74, 6) is -0.690. The quantitative estimate of drug-likeness (QED) is 0.270. The van der Waals surface area contributed by atoms with E-state index in [0.717, 1.165) is 31.2 Å². The maximum absolute atomic E-state index is 13.6. The molecule has 0 radical (unpaired) electrons. The molecule has 0 saturated carbocycles. The van der Waals surface area contributed by atoms with E-state index in [-0.39, 0.29) is 39.1 Å². The van der Waals surface area contributed by atoms with Crippen LogP contribution >= 0.6 is 0 Å². The Kier molecular flexibility index (Phi) is 11.5. The van der Waals surface area contributed by atoms with E-state index in [1.54, 1.807) is 24.3 Å². The van der Waals surface area contributed by atoms with Gasteiger partial charge in [0.2, 0.25) is 12.7 Å². The number of carboxylic acids is 1. The number of carboxylic acid groups (broad SMARTS) is 1. The highest BCUT2D eigenvalue weighted by atomic mass is 16.7. The first kappa shape index (κ1) is 31.6. The molecule has 3 N–H and O–H groups in total. The molecule has 1 saturated heterocycles. The van der Waals surface area contributed by atoms with Crippen LogP contribution in [0.2, 0.25) is 0 Å². The molecule has 3 atom stereocenters. The van der Waals surface area contributed by atoms with Crippen LogP contribution in [0.25, 0.3) is 0 Å². The van der Waals surface area contributed by atoms with Gasteiger partial charge in [-0.15, -0.1) is 0 Å². The van der Waals surface area contributed by atoms with Crippen LogP contribution in [0.5, 0.6) is 17.2 Å². The van der Waals surface area contributed by atoms with Crippen molar-refractivity contribution in [2.45, 2.75) is 71.1 Å². The molecule has 0 bridgehead atoms. The van der Waals surface area contributed by atoms with Crippen LogP contribution in [-0.4, -0.2) is 82.6 Å². The van der Waals surface area contributed by atoms with E-state index in [2.05, 4.69) is 13.8 Å². The maximum Gasteiger partial charge on any atom is 0.308 e. The van der Waals surface area contributed by atoms with E-state index >= 15 is 0 Å². The number of rotatable bonds is 16. The Morgan fingerprint density at radius 1 is 1.02 bits per heavy atom. The monoisotopic (exact) mass is 584 g/mol. The number of aliphatic carboxylic acids is 1. The number of amides is 1. The number of aliphatic hydroxyl groups excluding tert-OH is 2. The highest BCUT2D eigenvalue weighted by Gasteiger charge is 2.47. The van der Waals surface area contributed by atoms with Crippen LogP contribution in [0.1, 0.15) is 68.6 Å². The van der Waals surface area contributed by atoms with Crippen molar-refractivity contribution in [1.29, 1.82) is 0 Å². The van der Waals surface area contributed by atoms with Crippen LogP contribution in [0, 0.1) is 5.92 Å². The summed E-state index contributed by atoms with van der Waals surface area (Å²) in [6.45, 7) is 5.88. The number of aliphatic hydroxyl groups is 2. The Morgan fingerprint density at radius 3 is 2.40 bits per heavy atom. The van der Waals surface area contributed by atoms with Gasteiger partial charge in [-0.3, -0.25) is 14.5 Å². The summed E-state index contributed by atoms with van der Waals surface area (Å²) in [7, 11) is 0. The first-order valence-electron chi connectivity index (χ1n) is 15.0. The van der Waals surface area contributed by atoms with E-state index in [0.29, 0.717) is 54.4 Å². The lowest BCUT2D eigenvalue weighted by Crippen LogP contribution is -2.45. The van der Waals surface area contributed by atoms with Crippen LogP contribution in [0.15, 0.2) is 36.4 Å². The SMILES string of the molecule is CCCCN(CCCC)C(=O)CN1C[C@H](c2cc(CO)c3c(c2)OCO3)[C@@H](C(=O)O)[C@@H]1CCOc1ccccc1CO. The summed E-state index contributed by atoms with van der Waals surface area (Å²) < 4.78 is 17.1. The summed E-state index contributed by atoms with van der Waals surface area (Å²) in [5, 5.41) is 30.2. The minimum Gasteiger partial charge on any atom is -0.493 e. The predicted molar refractivity (Wildman–Crippen MR) is 157 cm³/mol. The molecule has 4 rings (SSSR count). The number of unbranched alkanes of at least 4 members (excludes halogenated alkanes) is 2. The van der Waals surface area contributed by atoms with Gasteiger partial charge < -0.3 is 34.4 Å². The number of hydrogen-bond acceptors (Lipinski definition) is 8. The Hall–Kier alpha value is -3.34. The summed E-state index contributed by atoms with van der Waals surface area (Å²) in [6.07, 6.45) is 4.17. The lowest BCUT2D eigenvalue weighted by atomic mass is 9.83. The van der Waals surface area contributed by atoms with Gasteiger partial charge in [0.25, 0.3) is 0 Å². The lowest BCUT2D eigenvalue weighted by Gasteiger charge is -2.30. The van der Waals surface area contributed by atoms with Crippen molar-refractivity contribution in [2.24, 2.45) is 5.92 Å². The van der Waals surface area contributed by atoms with E-state index in [9.17, 15) is 24.9 Å². The maximum atomic E-state index is 13.6. The van der Waals surface area contributed by atoms with E-state index < -0.39 is 23.8 Å². The number of carbonyl (C=O) groups excluding carboxylic acids is 1. The van der Waals surface area contributed by atoms with Gasteiger partial charge in [-0.05, 0) is 43.0 Å². The number of carbonyl (C=O) groups is 2. The van der Waals surface area contributed by atoms with Gasteiger partial charge in [0.1, 0.15) is 5.75 Å². The lowest BCUT2D eigenvalue weighted by molar-refractivity contribution is -0.144. The van der Waals surface area contributed by atoms with Crippen molar-refractivity contribution in [1.82, 2.24) is 9.80 Å². The van der Waals surface area contributed by atoms with Gasteiger partial charge in [-0.2, -0.15) is 0 Å². The molecule has 10 heteroatoms. The van der Waals surface area contributed by atoms with Crippen LogP contribution in [0.3, 0.4) is 0 Å². The molecule has 2 heterocycles. The number of para-hydroxylation sites is 1. The van der Waals surface area contributed by atoms with Gasteiger partial charge in [-0.25, -0.2) is 0 Å². The van der Waals surface area contributed by atoms with E-state index in [1.165, 1.54) is 0 Å². The Bertz CT molecular complexity index is 1200. The molecule has 2 aromatic carbocycles. The molecular weight excluding hydrogens is 540 g/mol. The Balaban J connectivity index is 1.61. The fourth-order valence-corrected chi connectivity index (χ4v) is 6.03. The molecule has 1 amide bonds. The highest BCUT2D eigenvalue weighted by Crippen LogP contribution is 2.44. The van der Waals surface area contributed by atoms with Crippen molar-refractivity contribution < 1.29 is 39.1 Å². The molecule has 0 unspecified atom stereocenters. The van der Waals surface area contributed by atoms with E-state index in [1.807, 2.05) is 21.9 Å². The molecular formula is C32H44N2O8. The van der Waals surface area contributed by atoms with Crippen molar-refractivity contribution in [2.75, 3.05) is 39.6 Å². The summed E-state index contributed by atoms with van der Waals surface area (Å²) in [5.41, 5.74) is 1.93. The first-order chi connectivity index (χ1) is 20.4. The number of ether oxygens (including phenoxy) is 3. The fourth-order valence-electron chi connectivity index (χ4n) is 6.03. The zero-order valence-electron chi connectivity index (χ0n) is 24.7. The number of likely N-dealkylation sites (tertiary alicyclic amines) is 1. The van der Waals surface area contributed by atoms with Crippen LogP contribution in [0.4, 0.5) is 0 Å². The summed E-state index contributed by atoms with van der Waals surface area (Å²) >= 11 is 0. The number of nitrogens with zero attached hydrogens (tertiary/aromatic N) is 2. The second-order valence-electron chi connectivity index (χ2n) is 11.0. The molecule has 10 nitrogen and oxygen atoms in total. The predicted octanol–water partition coefficient (Wildman–Crippen LogP) is 3.77. The van der Waals surface area contributed by atoms with Crippen molar-refractivity contribution in [3.8, 4) is 17.2 Å². The van der Waals surface area contributed by atoms with E-state index in [4.69, 9.17) is 14.2 Å². The van der Waals surface area contributed by atoms with Gasteiger partial charge in [-0.1, -0.05) is 44.9 Å². The molecule has 0 spiro atoms. The molecule has 0 aliphatic carbocycles. The number of fused-ring (bicyclic) bond motifs is 1. The average molecular weight is 585 g/mol. The minimum absolute atomic E-state index is 0.0000304. The summed E-state index contributed by atoms with van der Waals surface area (Å²) in [6, 6.07) is 10.3. The van der Waals surface area contributed by atoms with Gasteiger partial charge >= 0.3 is 5.97 Å². The van der Waals surface area contributed by atoms with Gasteiger partial charge in [0.15, 0.2) is 11.5 Å². The van der Waals surface area contributed by atoms with Crippen molar-refractivity contribution in [3.63, 3.8) is 0 Å². The molecule has 2 aliphatic heterocycles. The second kappa shape index (κ2) is 15.2. The third kappa shape index (κ3) is 7.35. The molecule has 230 valence electrons.